The van der Waals surface area contributed by atoms with Crippen molar-refractivity contribution in [1.82, 2.24) is 0 Å². The minimum atomic E-state index is 0.616. The number of rotatable bonds is 2. The van der Waals surface area contributed by atoms with Gasteiger partial charge in [0.05, 0.1) is 6.61 Å². The molecular weight excluding hydrogens is 83.0 g/mol. The Kier molecular flexibility index (Phi) is 4.24. The van der Waals surface area contributed by atoms with E-state index in [0.717, 1.165) is 0 Å². The Morgan fingerprint density at radius 2 is 2.60 bits per heavy atom. The first-order valence-corrected chi connectivity index (χ1v) is 1.81. The van der Waals surface area contributed by atoms with Crippen LogP contribution in [-0.2, 0) is 4.52 Å². The molecule has 0 aliphatic rings. The minimum Gasteiger partial charge on any atom is -0.362 e. The van der Waals surface area contributed by atoms with Crippen molar-refractivity contribution in [2.75, 3.05) is 6.61 Å². The third-order valence-corrected chi connectivity index (χ3v) is 0.407. The van der Waals surface area contributed by atoms with E-state index >= 15 is 0 Å². The van der Waals surface area contributed by atoms with Crippen molar-refractivity contribution in [3.8, 4) is 0 Å². The maximum atomic E-state index is 4.49. The average molecular weight is 90.1 g/mol. The molecule has 0 saturated carbocycles. The third-order valence-electron chi connectivity index (χ3n) is 0.214. The fourth-order valence-corrected chi connectivity index (χ4v) is 0.204. The summed E-state index contributed by atoms with van der Waals surface area (Å²) < 4.78 is 4.49. The highest BCUT2D eigenvalue weighted by atomic mass is 31.0. The molecule has 2 heteroatoms. The fourth-order valence-electron chi connectivity index (χ4n) is 0.0680. The molecule has 30 valence electrons. The highest BCUT2D eigenvalue weighted by Gasteiger charge is 1.58. The van der Waals surface area contributed by atoms with Gasteiger partial charge in [0.15, 0.2) is 0 Å². The summed E-state index contributed by atoms with van der Waals surface area (Å²) in [5.41, 5.74) is 0. The van der Waals surface area contributed by atoms with Crippen LogP contribution < -0.4 is 0 Å². The second-order valence-electron chi connectivity index (χ2n) is 0.622. The largest absolute Gasteiger partial charge is 0.362 e. The van der Waals surface area contributed by atoms with E-state index in [2.05, 4.69) is 20.6 Å². The molecule has 0 N–H and O–H groups in total. The SMILES string of the molecule is C=CCOP. The molecule has 0 heterocycles. The van der Waals surface area contributed by atoms with E-state index in [1.807, 2.05) is 0 Å². The Morgan fingerprint density at radius 1 is 2.00 bits per heavy atom. The molecule has 0 radical (unpaired) electrons. The van der Waals surface area contributed by atoms with E-state index in [0.29, 0.717) is 6.61 Å². The zero-order chi connectivity index (χ0) is 4.12. The Balaban J connectivity index is 2.40. The molecule has 0 aliphatic carbocycles. The van der Waals surface area contributed by atoms with Crippen LogP contribution >= 0.6 is 9.47 Å². The van der Waals surface area contributed by atoms with E-state index in [1.54, 1.807) is 6.08 Å². The van der Waals surface area contributed by atoms with Gasteiger partial charge in [0.1, 0.15) is 0 Å². The maximum Gasteiger partial charge on any atom is 0.0680 e. The lowest BCUT2D eigenvalue weighted by atomic mass is 10.7. The Hall–Kier alpha value is 0.130. The molecule has 0 rings (SSSR count). The molecule has 0 spiro atoms. The summed E-state index contributed by atoms with van der Waals surface area (Å²) in [6, 6.07) is 0. The van der Waals surface area contributed by atoms with Crippen molar-refractivity contribution >= 4 is 9.47 Å². The van der Waals surface area contributed by atoms with Crippen LogP contribution in [0.5, 0.6) is 0 Å². The smallest absolute Gasteiger partial charge is 0.0680 e. The molecular formula is C3H7OP. The zero-order valence-electron chi connectivity index (χ0n) is 2.98. The summed E-state index contributed by atoms with van der Waals surface area (Å²) in [4.78, 5) is 0. The van der Waals surface area contributed by atoms with Gasteiger partial charge in [0.25, 0.3) is 0 Å². The Morgan fingerprint density at radius 3 is 2.60 bits per heavy atom. The molecule has 1 unspecified atom stereocenters. The van der Waals surface area contributed by atoms with Crippen molar-refractivity contribution in [3.05, 3.63) is 12.7 Å². The molecule has 0 bridgehead atoms. The van der Waals surface area contributed by atoms with Crippen LogP contribution in [0.3, 0.4) is 0 Å². The van der Waals surface area contributed by atoms with Gasteiger partial charge in [-0.1, -0.05) is 6.08 Å². The first kappa shape index (κ1) is 5.13. The van der Waals surface area contributed by atoms with Crippen molar-refractivity contribution in [1.29, 1.82) is 0 Å². The van der Waals surface area contributed by atoms with Crippen molar-refractivity contribution in [2.24, 2.45) is 0 Å². The maximum absolute atomic E-state index is 4.49. The standard InChI is InChI=1S/C3H7OP/c1-2-3-4-5/h2H,1,3,5H2. The van der Waals surface area contributed by atoms with Crippen LogP contribution in [0.4, 0.5) is 0 Å². The van der Waals surface area contributed by atoms with Crippen LogP contribution in [0.15, 0.2) is 12.7 Å². The quantitative estimate of drug-likeness (QED) is 0.362. The predicted octanol–water partition coefficient (Wildman–Crippen LogP) is 0.979. The summed E-state index contributed by atoms with van der Waals surface area (Å²) in [6.45, 7) is 4.03. The molecule has 5 heavy (non-hydrogen) atoms. The molecule has 1 atom stereocenters. The Labute approximate surface area is 34.3 Å². The van der Waals surface area contributed by atoms with Crippen LogP contribution in [0.2, 0.25) is 0 Å². The summed E-state index contributed by atoms with van der Waals surface area (Å²) in [6.07, 6.45) is 1.69. The summed E-state index contributed by atoms with van der Waals surface area (Å²) in [7, 11) is 2.13. The van der Waals surface area contributed by atoms with E-state index in [1.165, 1.54) is 0 Å². The summed E-state index contributed by atoms with van der Waals surface area (Å²) in [5, 5.41) is 0. The normalized spacial score (nSPS) is 7.40. The minimum absolute atomic E-state index is 0.616. The van der Waals surface area contributed by atoms with Gasteiger partial charge in [-0.15, -0.1) is 6.58 Å². The zero-order valence-corrected chi connectivity index (χ0v) is 4.13. The van der Waals surface area contributed by atoms with Gasteiger partial charge >= 0.3 is 0 Å². The topological polar surface area (TPSA) is 9.23 Å². The second-order valence-corrected chi connectivity index (χ2v) is 0.955. The van der Waals surface area contributed by atoms with Gasteiger partial charge in [-0.3, -0.25) is 0 Å². The van der Waals surface area contributed by atoms with E-state index in [4.69, 9.17) is 0 Å². The number of hydrogen-bond acceptors (Lipinski definition) is 1. The van der Waals surface area contributed by atoms with Gasteiger partial charge in [-0.2, -0.15) is 0 Å². The molecule has 1 nitrogen and oxygen atoms in total. The van der Waals surface area contributed by atoms with Crippen LogP contribution in [0, 0.1) is 0 Å². The molecule has 0 aromatic carbocycles. The number of hydrogen-bond donors (Lipinski definition) is 0. The van der Waals surface area contributed by atoms with Gasteiger partial charge in [-0.05, 0) is 0 Å². The van der Waals surface area contributed by atoms with Gasteiger partial charge in [-0.25, -0.2) is 0 Å². The van der Waals surface area contributed by atoms with Crippen molar-refractivity contribution < 1.29 is 4.52 Å². The van der Waals surface area contributed by atoms with Crippen molar-refractivity contribution in [3.63, 3.8) is 0 Å². The highest BCUT2D eigenvalue weighted by molar-refractivity contribution is 7.09. The molecule has 0 aromatic rings. The molecule has 0 fully saturated rings. The van der Waals surface area contributed by atoms with Crippen molar-refractivity contribution in [2.45, 2.75) is 0 Å². The first-order valence-electron chi connectivity index (χ1n) is 1.34. The summed E-state index contributed by atoms with van der Waals surface area (Å²) in [5.74, 6) is 0. The third kappa shape index (κ3) is 4.13. The van der Waals surface area contributed by atoms with Gasteiger partial charge < -0.3 is 4.52 Å². The fraction of sp³-hybridized carbons (Fsp3) is 0.333. The molecule has 0 amide bonds. The predicted molar refractivity (Wildman–Crippen MR) is 25.9 cm³/mol. The van der Waals surface area contributed by atoms with E-state index < -0.39 is 0 Å². The lowest BCUT2D eigenvalue weighted by Crippen LogP contribution is -1.67. The highest BCUT2D eigenvalue weighted by Crippen LogP contribution is 1.80. The first-order chi connectivity index (χ1) is 2.41. The van der Waals surface area contributed by atoms with E-state index in [9.17, 15) is 0 Å². The summed E-state index contributed by atoms with van der Waals surface area (Å²) >= 11 is 0. The molecule has 0 saturated heterocycles. The lowest BCUT2D eigenvalue weighted by molar-refractivity contribution is 0.427. The Bertz CT molecular complexity index is 28.1. The second kappa shape index (κ2) is 4.13. The average Bonchev–Trinajstić information content (AvgIpc) is 1.41. The van der Waals surface area contributed by atoms with Crippen LogP contribution in [-0.4, -0.2) is 6.61 Å². The van der Waals surface area contributed by atoms with Gasteiger partial charge in [0, 0.05) is 9.47 Å². The van der Waals surface area contributed by atoms with Gasteiger partial charge in [0.2, 0.25) is 0 Å². The molecule has 0 aromatic heterocycles. The van der Waals surface area contributed by atoms with E-state index in [-0.39, 0.29) is 0 Å². The molecule has 0 aliphatic heterocycles. The van der Waals surface area contributed by atoms with Crippen LogP contribution in [0.1, 0.15) is 0 Å². The van der Waals surface area contributed by atoms with Crippen LogP contribution in [0.25, 0.3) is 0 Å². The monoisotopic (exact) mass is 90.0 g/mol. The lowest BCUT2D eigenvalue weighted by Gasteiger charge is -1.79.